The third kappa shape index (κ3) is 5.55. The molecule has 6 rings (SSSR count). The molecule has 2 fully saturated rings. The third-order valence-electron chi connectivity index (χ3n) is 9.54. The lowest BCUT2D eigenvalue weighted by atomic mass is 9.88. The molecule has 222 valence electrons. The molecule has 0 spiro atoms. The number of likely N-dealkylation sites (tertiary alicyclic amines) is 1. The monoisotopic (exact) mass is 571 g/mol. The Kier molecular flexibility index (Phi) is 8.31. The van der Waals surface area contributed by atoms with Crippen molar-refractivity contribution in [3.05, 3.63) is 53.7 Å². The van der Waals surface area contributed by atoms with Crippen LogP contribution in [0.3, 0.4) is 0 Å². The largest absolute Gasteiger partial charge is 0.462 e. The predicted molar refractivity (Wildman–Crippen MR) is 160 cm³/mol. The first kappa shape index (κ1) is 28.4. The molecule has 4 heterocycles. The van der Waals surface area contributed by atoms with Crippen molar-refractivity contribution in [2.75, 3.05) is 56.2 Å². The van der Waals surface area contributed by atoms with Crippen LogP contribution in [0.15, 0.2) is 36.9 Å². The van der Waals surface area contributed by atoms with Gasteiger partial charge in [-0.1, -0.05) is 24.8 Å². The maximum absolute atomic E-state index is 12.5. The van der Waals surface area contributed by atoms with E-state index in [-0.39, 0.29) is 24.4 Å². The van der Waals surface area contributed by atoms with Crippen LogP contribution in [0, 0.1) is 11.3 Å². The Bertz CT molecular complexity index is 1360. The number of aliphatic hydroxyl groups excluding tert-OH is 1. The van der Waals surface area contributed by atoms with E-state index in [1.165, 1.54) is 12.5 Å². The topological polar surface area (TPSA) is 109 Å². The van der Waals surface area contributed by atoms with E-state index in [9.17, 15) is 15.2 Å². The first-order chi connectivity index (χ1) is 20.5. The first-order valence-electron chi connectivity index (χ1n) is 15.3. The van der Waals surface area contributed by atoms with Crippen molar-refractivity contribution >= 4 is 17.4 Å². The van der Waals surface area contributed by atoms with Crippen LogP contribution < -0.4 is 14.5 Å². The molecule has 10 heteroatoms. The number of hydrogen-bond donors (Lipinski definition) is 1. The van der Waals surface area contributed by atoms with E-state index in [0.29, 0.717) is 44.7 Å². The van der Waals surface area contributed by atoms with Crippen LogP contribution in [0.4, 0.5) is 11.5 Å². The number of nitriles is 1. The summed E-state index contributed by atoms with van der Waals surface area (Å²) < 4.78 is 6.29. The molecule has 2 aromatic rings. The van der Waals surface area contributed by atoms with Gasteiger partial charge in [-0.2, -0.15) is 15.2 Å². The van der Waals surface area contributed by atoms with Gasteiger partial charge in [0, 0.05) is 61.5 Å². The molecule has 1 aliphatic carbocycles. The number of para-hydroxylation sites is 1. The maximum Gasteiger partial charge on any atom is 0.318 e. The van der Waals surface area contributed by atoms with Crippen LogP contribution in [-0.4, -0.2) is 95.3 Å². The van der Waals surface area contributed by atoms with Crippen LogP contribution >= 0.6 is 0 Å². The Morgan fingerprint density at radius 1 is 1.17 bits per heavy atom. The van der Waals surface area contributed by atoms with E-state index in [2.05, 4.69) is 40.5 Å². The number of carbonyl (C=O) groups excluding carboxylic acids is 1. The molecule has 1 aromatic carbocycles. The molecule has 42 heavy (non-hydrogen) atoms. The number of rotatable bonds is 7. The molecule has 0 radical (unpaired) electrons. The second kappa shape index (κ2) is 12.3. The molecular formula is C32H41N7O3. The quantitative estimate of drug-likeness (QED) is 0.502. The molecule has 2 unspecified atom stereocenters. The molecule has 2 saturated heterocycles. The molecular weight excluding hydrogens is 530 g/mol. The standard InChI is InChI=1S/C32H41N7O3/c1-3-30(41)39-18-17-37(20-23(39)12-14-33)31-25-11-10-22(38-16-13-29(40)26-8-4-5-9-28(26)38)19-27(25)34-32(35-31)42-21-24-7-6-15-36(24)2/h3-5,8-9,22-24,29,40H,1,6-7,10-13,15-21H2,2H3/t22?,23-,24-,29?/m0/s1. The average molecular weight is 572 g/mol. The van der Waals surface area contributed by atoms with Crippen LogP contribution in [0.5, 0.6) is 6.01 Å². The summed E-state index contributed by atoms with van der Waals surface area (Å²) in [6, 6.07) is 11.2. The number of fused-ring (bicyclic) bond motifs is 2. The number of ether oxygens (including phenoxy) is 1. The number of likely N-dealkylation sites (N-methyl/N-ethyl adjacent to an activating group) is 1. The van der Waals surface area contributed by atoms with Crippen LogP contribution in [-0.2, 0) is 17.6 Å². The van der Waals surface area contributed by atoms with Gasteiger partial charge in [-0.15, -0.1) is 0 Å². The van der Waals surface area contributed by atoms with Crippen molar-refractivity contribution in [2.45, 2.75) is 69.2 Å². The van der Waals surface area contributed by atoms with Crippen molar-refractivity contribution in [2.24, 2.45) is 0 Å². The fourth-order valence-electron chi connectivity index (χ4n) is 7.19. The van der Waals surface area contributed by atoms with E-state index in [0.717, 1.165) is 67.1 Å². The van der Waals surface area contributed by atoms with Crippen LogP contribution in [0.25, 0.3) is 0 Å². The zero-order valence-electron chi connectivity index (χ0n) is 24.5. The van der Waals surface area contributed by atoms with Gasteiger partial charge in [-0.25, -0.2) is 0 Å². The number of carbonyl (C=O) groups is 1. The lowest BCUT2D eigenvalue weighted by molar-refractivity contribution is -0.128. The van der Waals surface area contributed by atoms with Gasteiger partial charge in [0.05, 0.1) is 30.3 Å². The number of hydrogen-bond acceptors (Lipinski definition) is 9. The van der Waals surface area contributed by atoms with Gasteiger partial charge in [0.25, 0.3) is 0 Å². The number of anilines is 2. The summed E-state index contributed by atoms with van der Waals surface area (Å²) in [5.74, 6) is 0.732. The molecule has 1 aromatic heterocycles. The van der Waals surface area contributed by atoms with Gasteiger partial charge in [0.15, 0.2) is 0 Å². The van der Waals surface area contributed by atoms with E-state index < -0.39 is 6.10 Å². The minimum atomic E-state index is -0.427. The molecule has 4 aliphatic rings. The molecule has 0 saturated carbocycles. The van der Waals surface area contributed by atoms with Crippen molar-refractivity contribution < 1.29 is 14.6 Å². The zero-order chi connectivity index (χ0) is 29.2. The Morgan fingerprint density at radius 3 is 2.81 bits per heavy atom. The summed E-state index contributed by atoms with van der Waals surface area (Å²) >= 11 is 0. The normalized spacial score (nSPS) is 25.9. The zero-order valence-corrected chi connectivity index (χ0v) is 24.5. The lowest BCUT2D eigenvalue weighted by Gasteiger charge is -2.43. The predicted octanol–water partition coefficient (Wildman–Crippen LogP) is 2.87. The van der Waals surface area contributed by atoms with Crippen molar-refractivity contribution in [3.63, 3.8) is 0 Å². The molecule has 1 amide bonds. The van der Waals surface area contributed by atoms with E-state index >= 15 is 0 Å². The highest BCUT2D eigenvalue weighted by Gasteiger charge is 2.36. The number of benzene rings is 1. The van der Waals surface area contributed by atoms with Gasteiger partial charge >= 0.3 is 6.01 Å². The molecule has 10 nitrogen and oxygen atoms in total. The third-order valence-corrected chi connectivity index (χ3v) is 9.54. The minimum absolute atomic E-state index is 0.140. The van der Waals surface area contributed by atoms with Crippen molar-refractivity contribution in [1.82, 2.24) is 19.8 Å². The van der Waals surface area contributed by atoms with Crippen molar-refractivity contribution in [1.29, 1.82) is 5.26 Å². The number of piperazine rings is 1. The molecule has 4 atom stereocenters. The number of aromatic nitrogens is 2. The summed E-state index contributed by atoms with van der Waals surface area (Å²) in [4.78, 5) is 31.3. The first-order valence-corrected chi connectivity index (χ1v) is 15.3. The number of aliphatic hydroxyl groups is 1. The summed E-state index contributed by atoms with van der Waals surface area (Å²) in [5, 5.41) is 20.1. The van der Waals surface area contributed by atoms with E-state index in [1.807, 2.05) is 18.2 Å². The van der Waals surface area contributed by atoms with Gasteiger partial charge in [-0.3, -0.25) is 4.79 Å². The Labute approximate surface area is 248 Å². The van der Waals surface area contributed by atoms with Crippen molar-refractivity contribution in [3.8, 4) is 12.1 Å². The number of amides is 1. The summed E-state index contributed by atoms with van der Waals surface area (Å²) in [5.41, 5.74) is 4.26. The fourth-order valence-corrected chi connectivity index (χ4v) is 7.19. The second-order valence-corrected chi connectivity index (χ2v) is 12.0. The summed E-state index contributed by atoms with van der Waals surface area (Å²) in [6.07, 6.45) is 6.70. The SMILES string of the molecule is C=CC(=O)N1CCN(c2nc(OC[C@@H]3CCCN3C)nc3c2CCC(N2CCC(O)c4ccccc42)C3)C[C@@H]1CC#N. The van der Waals surface area contributed by atoms with Gasteiger partial charge < -0.3 is 29.4 Å². The smallest absolute Gasteiger partial charge is 0.318 e. The Balaban J connectivity index is 1.30. The molecule has 3 aliphatic heterocycles. The van der Waals surface area contributed by atoms with Gasteiger partial charge in [-0.05, 0) is 57.8 Å². The maximum atomic E-state index is 12.5. The van der Waals surface area contributed by atoms with Gasteiger partial charge in [0.2, 0.25) is 5.91 Å². The highest BCUT2D eigenvalue weighted by atomic mass is 16.5. The molecule has 1 N–H and O–H groups in total. The highest BCUT2D eigenvalue weighted by molar-refractivity contribution is 5.87. The Hall–Kier alpha value is -3.68. The summed E-state index contributed by atoms with van der Waals surface area (Å²) in [7, 11) is 2.14. The van der Waals surface area contributed by atoms with Crippen LogP contribution in [0.2, 0.25) is 0 Å². The molecule has 0 bridgehead atoms. The van der Waals surface area contributed by atoms with Gasteiger partial charge in [0.1, 0.15) is 12.4 Å². The fraction of sp³-hybridized carbons (Fsp3) is 0.562. The van der Waals surface area contributed by atoms with Crippen LogP contribution in [0.1, 0.15) is 55.0 Å². The minimum Gasteiger partial charge on any atom is -0.462 e. The highest BCUT2D eigenvalue weighted by Crippen LogP contribution is 2.39. The average Bonchev–Trinajstić information content (AvgIpc) is 3.43. The van der Waals surface area contributed by atoms with E-state index in [1.54, 1.807) is 4.90 Å². The number of nitrogens with zero attached hydrogens (tertiary/aromatic N) is 7. The lowest BCUT2D eigenvalue weighted by Crippen LogP contribution is -2.55. The summed E-state index contributed by atoms with van der Waals surface area (Å²) in [6.45, 7) is 7.75. The second-order valence-electron chi connectivity index (χ2n) is 12.0. The Morgan fingerprint density at radius 2 is 2.02 bits per heavy atom. The van der Waals surface area contributed by atoms with E-state index in [4.69, 9.17) is 14.7 Å².